The maximum Gasteiger partial charge on any atom is 0.262 e. The first-order valence-electron chi connectivity index (χ1n) is 9.80. The molecule has 0 unspecified atom stereocenters. The number of nitriles is 1. The summed E-state index contributed by atoms with van der Waals surface area (Å²) in [6.45, 7) is 4.79. The van der Waals surface area contributed by atoms with Gasteiger partial charge in [-0.1, -0.05) is 50.6 Å². The van der Waals surface area contributed by atoms with E-state index in [1.54, 1.807) is 0 Å². The van der Waals surface area contributed by atoms with Gasteiger partial charge in [0.15, 0.2) is 5.16 Å². The van der Waals surface area contributed by atoms with E-state index < -0.39 is 0 Å². The van der Waals surface area contributed by atoms with Gasteiger partial charge in [0.2, 0.25) is 5.91 Å². The van der Waals surface area contributed by atoms with Crippen LogP contribution in [0.1, 0.15) is 45.6 Å². The minimum Gasteiger partial charge on any atom is -0.354 e. The highest BCUT2D eigenvalue weighted by Crippen LogP contribution is 2.38. The van der Waals surface area contributed by atoms with Crippen LogP contribution in [0.25, 0.3) is 10.9 Å². The average Bonchev–Trinajstić information content (AvgIpc) is 2.69. The molecule has 0 bridgehead atoms. The predicted molar refractivity (Wildman–Crippen MR) is 111 cm³/mol. The van der Waals surface area contributed by atoms with E-state index in [2.05, 4.69) is 19.2 Å². The Morgan fingerprint density at radius 2 is 2.14 bits per heavy atom. The lowest BCUT2D eigenvalue weighted by molar-refractivity contribution is -0.118. The Morgan fingerprint density at radius 3 is 2.93 bits per heavy atom. The maximum atomic E-state index is 13.3. The Bertz CT molecular complexity index is 950. The highest BCUT2D eigenvalue weighted by atomic mass is 32.2. The molecule has 6 nitrogen and oxygen atoms in total. The summed E-state index contributed by atoms with van der Waals surface area (Å²) in [6.07, 6.45) is 3.51. The van der Waals surface area contributed by atoms with Crippen molar-refractivity contribution in [2.45, 2.75) is 50.7 Å². The number of hydrogen-bond donors (Lipinski definition) is 1. The number of aromatic nitrogens is 2. The lowest BCUT2D eigenvalue weighted by Crippen LogP contribution is -2.35. The fourth-order valence-electron chi connectivity index (χ4n) is 3.88. The summed E-state index contributed by atoms with van der Waals surface area (Å²) >= 11 is 1.30. The van der Waals surface area contributed by atoms with E-state index in [0.717, 1.165) is 12.8 Å². The highest BCUT2D eigenvalue weighted by molar-refractivity contribution is 7.99. The molecule has 28 heavy (non-hydrogen) atoms. The van der Waals surface area contributed by atoms with Crippen LogP contribution in [-0.2, 0) is 4.79 Å². The van der Waals surface area contributed by atoms with Crippen molar-refractivity contribution in [3.8, 4) is 6.07 Å². The van der Waals surface area contributed by atoms with E-state index in [0.29, 0.717) is 34.4 Å². The Hall–Kier alpha value is -2.33. The molecule has 1 saturated carbocycles. The van der Waals surface area contributed by atoms with E-state index in [9.17, 15) is 9.59 Å². The second-order valence-corrected chi connectivity index (χ2v) is 8.41. The summed E-state index contributed by atoms with van der Waals surface area (Å²) < 4.78 is 1.83. The molecule has 1 aromatic carbocycles. The first-order valence-corrected chi connectivity index (χ1v) is 10.8. The van der Waals surface area contributed by atoms with Crippen LogP contribution in [0.15, 0.2) is 34.2 Å². The van der Waals surface area contributed by atoms with Gasteiger partial charge < -0.3 is 5.32 Å². The van der Waals surface area contributed by atoms with Crippen molar-refractivity contribution >= 4 is 28.6 Å². The van der Waals surface area contributed by atoms with E-state index in [4.69, 9.17) is 10.2 Å². The van der Waals surface area contributed by atoms with Crippen LogP contribution in [0, 0.1) is 23.2 Å². The van der Waals surface area contributed by atoms with Crippen molar-refractivity contribution in [2.24, 2.45) is 11.8 Å². The van der Waals surface area contributed by atoms with E-state index in [1.165, 1.54) is 18.2 Å². The molecule has 1 fully saturated rings. The van der Waals surface area contributed by atoms with Gasteiger partial charge in [-0.25, -0.2) is 4.98 Å². The molecule has 1 N–H and O–H groups in total. The third-order valence-corrected chi connectivity index (χ3v) is 6.61. The molecule has 3 atom stereocenters. The van der Waals surface area contributed by atoms with E-state index >= 15 is 0 Å². The lowest BCUT2D eigenvalue weighted by Gasteiger charge is -2.36. The monoisotopic (exact) mass is 398 g/mol. The molecule has 7 heteroatoms. The van der Waals surface area contributed by atoms with Gasteiger partial charge in [0.1, 0.15) is 0 Å². The Balaban J connectivity index is 1.94. The molecule has 0 radical (unpaired) electrons. The van der Waals surface area contributed by atoms with Gasteiger partial charge in [-0.2, -0.15) is 5.26 Å². The molecule has 1 aliphatic carbocycles. The van der Waals surface area contributed by atoms with Crippen LogP contribution in [0.2, 0.25) is 0 Å². The molecule has 0 saturated heterocycles. The summed E-state index contributed by atoms with van der Waals surface area (Å²) in [7, 11) is 0. The number of carbonyl (C=O) groups excluding carboxylic acids is 1. The predicted octanol–water partition coefficient (Wildman–Crippen LogP) is 3.52. The largest absolute Gasteiger partial charge is 0.354 e. The van der Waals surface area contributed by atoms with Gasteiger partial charge >= 0.3 is 0 Å². The first kappa shape index (κ1) is 20.4. The molecule has 148 valence electrons. The first-order chi connectivity index (χ1) is 13.5. The number of carbonyl (C=O) groups is 1. The minimum absolute atomic E-state index is 0.0241. The molecule has 1 aromatic heterocycles. The molecule has 3 rings (SSSR count). The van der Waals surface area contributed by atoms with Gasteiger partial charge in [-0.05, 0) is 30.4 Å². The smallest absolute Gasteiger partial charge is 0.262 e. The number of nitrogens with zero attached hydrogens (tertiary/aromatic N) is 3. The Labute approximate surface area is 169 Å². The number of rotatable bonds is 6. The van der Waals surface area contributed by atoms with Crippen molar-refractivity contribution in [3.05, 3.63) is 34.6 Å². The third-order valence-electron chi connectivity index (χ3n) is 5.66. The molecule has 0 spiro atoms. The summed E-state index contributed by atoms with van der Waals surface area (Å²) in [5.74, 6) is 0.939. The summed E-state index contributed by atoms with van der Waals surface area (Å²) in [6, 6.07) is 9.49. The van der Waals surface area contributed by atoms with Gasteiger partial charge in [0.05, 0.1) is 29.1 Å². The fourth-order valence-corrected chi connectivity index (χ4v) is 4.76. The second-order valence-electron chi connectivity index (χ2n) is 7.47. The van der Waals surface area contributed by atoms with Crippen LogP contribution in [0.3, 0.4) is 0 Å². The Kier molecular flexibility index (Phi) is 6.74. The molecule has 1 heterocycles. The molecule has 2 aromatic rings. The molecule has 0 aliphatic heterocycles. The van der Waals surface area contributed by atoms with Crippen molar-refractivity contribution in [3.63, 3.8) is 0 Å². The SMILES string of the molecule is C[C@H]1[C@H](n2c(SCC(=O)NCCC#N)nc3ccccc3c2=O)CCC[C@@H]1C. The van der Waals surface area contributed by atoms with Crippen molar-refractivity contribution in [2.75, 3.05) is 12.3 Å². The summed E-state index contributed by atoms with van der Waals surface area (Å²) in [5, 5.41) is 12.5. The number of thioether (sulfide) groups is 1. The second kappa shape index (κ2) is 9.24. The molecular formula is C21H26N4O2S. The van der Waals surface area contributed by atoms with E-state index in [1.807, 2.05) is 34.9 Å². The third kappa shape index (κ3) is 4.39. The van der Waals surface area contributed by atoms with Gasteiger partial charge in [-0.15, -0.1) is 0 Å². The van der Waals surface area contributed by atoms with Crippen molar-refractivity contribution in [1.82, 2.24) is 14.9 Å². The van der Waals surface area contributed by atoms with Gasteiger partial charge in [0.25, 0.3) is 5.56 Å². The number of fused-ring (bicyclic) bond motifs is 1. The number of para-hydroxylation sites is 1. The van der Waals surface area contributed by atoms with Gasteiger partial charge in [0, 0.05) is 12.6 Å². The van der Waals surface area contributed by atoms with Crippen LogP contribution in [0.4, 0.5) is 0 Å². The van der Waals surface area contributed by atoms with Crippen LogP contribution < -0.4 is 10.9 Å². The molecular weight excluding hydrogens is 372 g/mol. The number of amides is 1. The van der Waals surface area contributed by atoms with Crippen molar-refractivity contribution < 1.29 is 4.79 Å². The maximum absolute atomic E-state index is 13.3. The van der Waals surface area contributed by atoms with Crippen molar-refractivity contribution in [1.29, 1.82) is 5.26 Å². The number of nitrogens with one attached hydrogen (secondary N) is 1. The zero-order valence-corrected chi connectivity index (χ0v) is 17.2. The molecule has 1 aliphatic rings. The molecule has 1 amide bonds. The number of benzene rings is 1. The zero-order valence-electron chi connectivity index (χ0n) is 16.4. The van der Waals surface area contributed by atoms with E-state index in [-0.39, 0.29) is 29.7 Å². The minimum atomic E-state index is -0.153. The summed E-state index contributed by atoms with van der Waals surface area (Å²) in [5.41, 5.74) is 0.636. The quantitative estimate of drug-likeness (QED) is 0.457. The highest BCUT2D eigenvalue weighted by Gasteiger charge is 2.31. The van der Waals surface area contributed by atoms with Crippen LogP contribution >= 0.6 is 11.8 Å². The average molecular weight is 399 g/mol. The number of hydrogen-bond acceptors (Lipinski definition) is 5. The normalized spacial score (nSPS) is 22.0. The Morgan fingerprint density at radius 1 is 1.36 bits per heavy atom. The fraction of sp³-hybridized carbons (Fsp3) is 0.524. The van der Waals surface area contributed by atoms with Crippen LogP contribution in [-0.4, -0.2) is 27.8 Å². The summed E-state index contributed by atoms with van der Waals surface area (Å²) in [4.78, 5) is 30.1. The zero-order chi connectivity index (χ0) is 20.1. The topological polar surface area (TPSA) is 87.8 Å². The van der Waals surface area contributed by atoms with Gasteiger partial charge in [-0.3, -0.25) is 14.2 Å². The van der Waals surface area contributed by atoms with Crippen LogP contribution in [0.5, 0.6) is 0 Å². The lowest BCUT2D eigenvalue weighted by atomic mass is 9.78. The standard InChI is InChI=1S/C21H26N4O2S/c1-14-7-5-10-18(15(14)2)25-20(27)16-8-3-4-9-17(16)24-21(25)28-13-19(26)23-12-6-11-22/h3-4,8-9,14-15,18H,5-7,10,12-13H2,1-2H3,(H,23,26)/t14-,15+,18+/m0/s1.